The van der Waals surface area contributed by atoms with Gasteiger partial charge in [0.05, 0.1) is 0 Å². The van der Waals surface area contributed by atoms with E-state index in [-0.39, 0.29) is 11.8 Å². The Morgan fingerprint density at radius 3 is 2.25 bits per heavy atom. The molecular formula is C9H15NOS. The van der Waals surface area contributed by atoms with E-state index in [0.29, 0.717) is 0 Å². The summed E-state index contributed by atoms with van der Waals surface area (Å²) in [4.78, 5) is 11.9. The zero-order valence-corrected chi connectivity index (χ0v) is 8.79. The molecule has 68 valence electrons. The predicted octanol–water partition coefficient (Wildman–Crippen LogP) is 2.05. The van der Waals surface area contributed by atoms with Crippen molar-refractivity contribution in [3.63, 3.8) is 0 Å². The van der Waals surface area contributed by atoms with Crippen molar-refractivity contribution >= 4 is 23.0 Å². The van der Waals surface area contributed by atoms with E-state index in [9.17, 15) is 4.79 Å². The highest BCUT2D eigenvalue weighted by atomic mass is 32.1. The molecule has 0 bridgehead atoms. The molecule has 0 spiro atoms. The molecule has 3 heteroatoms. The summed E-state index contributed by atoms with van der Waals surface area (Å²) < 4.78 is 0. The van der Waals surface area contributed by atoms with Crippen LogP contribution in [0.3, 0.4) is 0 Å². The fourth-order valence-corrected chi connectivity index (χ4v) is 0.856. The fraction of sp³-hybridized carbons (Fsp3) is 0.556. The Morgan fingerprint density at radius 1 is 1.42 bits per heavy atom. The highest BCUT2D eigenvalue weighted by molar-refractivity contribution is 7.80. The van der Waals surface area contributed by atoms with E-state index in [1.54, 1.807) is 6.08 Å². The third-order valence-electron chi connectivity index (χ3n) is 1.26. The quantitative estimate of drug-likeness (QED) is 0.538. The van der Waals surface area contributed by atoms with Gasteiger partial charge in [0.1, 0.15) is 0 Å². The summed E-state index contributed by atoms with van der Waals surface area (Å²) in [5.41, 5.74) is 0.807. The Morgan fingerprint density at radius 2 is 1.92 bits per heavy atom. The number of hydrogen-bond acceptors (Lipinski definition) is 2. The maximum absolute atomic E-state index is 11.1. The van der Waals surface area contributed by atoms with Gasteiger partial charge in [0, 0.05) is 16.5 Å². The maximum atomic E-state index is 11.1. The molecule has 0 rings (SSSR count). The summed E-state index contributed by atoms with van der Waals surface area (Å²) in [7, 11) is 0. The monoisotopic (exact) mass is 185 g/mol. The van der Waals surface area contributed by atoms with Crippen molar-refractivity contribution in [2.45, 2.75) is 27.7 Å². The first-order valence-electron chi connectivity index (χ1n) is 3.93. The van der Waals surface area contributed by atoms with Gasteiger partial charge in [-0.15, -0.1) is 0 Å². The number of rotatable bonds is 3. The van der Waals surface area contributed by atoms with Crippen LogP contribution >= 0.6 is 12.2 Å². The number of carbonyl (C=O) groups excluding carboxylic acids is 1. The molecule has 0 atom stereocenters. The zero-order chi connectivity index (χ0) is 9.72. The highest BCUT2D eigenvalue weighted by Crippen LogP contribution is 1.95. The number of hydrogen-bond donors (Lipinski definition) is 1. The summed E-state index contributed by atoms with van der Waals surface area (Å²) in [6, 6.07) is 0. The van der Waals surface area contributed by atoms with E-state index in [1.807, 2.05) is 27.7 Å². The second kappa shape index (κ2) is 5.04. The Labute approximate surface area is 79.0 Å². The van der Waals surface area contributed by atoms with Gasteiger partial charge in [0.2, 0.25) is 5.91 Å². The average molecular weight is 185 g/mol. The SMILES string of the molecule is CC(=S)/C=C(/C)NC(=O)C(C)C. The second-order valence-electron chi connectivity index (χ2n) is 3.08. The Kier molecular flexibility index (Phi) is 4.74. The van der Waals surface area contributed by atoms with Gasteiger partial charge in [-0.2, -0.15) is 0 Å². The van der Waals surface area contributed by atoms with E-state index in [0.717, 1.165) is 10.6 Å². The molecule has 0 heterocycles. The number of amides is 1. The van der Waals surface area contributed by atoms with Crippen LogP contribution in [0, 0.1) is 5.92 Å². The second-order valence-corrected chi connectivity index (χ2v) is 3.73. The van der Waals surface area contributed by atoms with Crippen molar-refractivity contribution in [1.29, 1.82) is 0 Å². The molecule has 0 saturated carbocycles. The van der Waals surface area contributed by atoms with E-state index in [4.69, 9.17) is 12.2 Å². The van der Waals surface area contributed by atoms with E-state index >= 15 is 0 Å². The molecule has 0 fully saturated rings. The van der Waals surface area contributed by atoms with Gasteiger partial charge in [-0.3, -0.25) is 4.79 Å². The van der Waals surface area contributed by atoms with E-state index in [1.165, 1.54) is 0 Å². The van der Waals surface area contributed by atoms with Crippen molar-refractivity contribution in [1.82, 2.24) is 5.32 Å². The average Bonchev–Trinajstić information content (AvgIpc) is 1.84. The number of nitrogens with one attached hydrogen (secondary N) is 1. The molecule has 0 aromatic rings. The Hall–Kier alpha value is -0.700. The summed E-state index contributed by atoms with van der Waals surface area (Å²) in [6.45, 7) is 7.36. The number of carbonyl (C=O) groups is 1. The van der Waals surface area contributed by atoms with Gasteiger partial charge in [0.15, 0.2) is 0 Å². The standard InChI is InChI=1S/C9H15NOS/c1-6(2)9(11)10-7(3)5-8(4)12/h5-6H,1-4H3,(H,10,11)/b7-5-. The molecule has 0 unspecified atom stereocenters. The van der Waals surface area contributed by atoms with Crippen LogP contribution < -0.4 is 5.32 Å². The summed E-state index contributed by atoms with van der Waals surface area (Å²) in [6.07, 6.45) is 1.77. The molecule has 1 N–H and O–H groups in total. The maximum Gasteiger partial charge on any atom is 0.226 e. The van der Waals surface area contributed by atoms with Crippen molar-refractivity contribution in [3.05, 3.63) is 11.8 Å². The third kappa shape index (κ3) is 5.02. The predicted molar refractivity (Wildman–Crippen MR) is 55.0 cm³/mol. The lowest BCUT2D eigenvalue weighted by Gasteiger charge is -2.06. The smallest absolute Gasteiger partial charge is 0.226 e. The normalized spacial score (nSPS) is 11.6. The van der Waals surface area contributed by atoms with Gasteiger partial charge in [0.25, 0.3) is 0 Å². The molecule has 1 amide bonds. The van der Waals surface area contributed by atoms with Crippen LogP contribution in [0.5, 0.6) is 0 Å². The topological polar surface area (TPSA) is 29.1 Å². The molecular weight excluding hydrogens is 170 g/mol. The van der Waals surface area contributed by atoms with Crippen LogP contribution in [0.4, 0.5) is 0 Å². The van der Waals surface area contributed by atoms with Gasteiger partial charge < -0.3 is 5.32 Å². The van der Waals surface area contributed by atoms with E-state index < -0.39 is 0 Å². The molecule has 0 aliphatic carbocycles. The molecule has 0 aromatic heterocycles. The molecule has 0 radical (unpaired) electrons. The first-order chi connectivity index (χ1) is 5.43. The largest absolute Gasteiger partial charge is 0.330 e. The Bertz CT molecular complexity index is 219. The molecule has 0 aromatic carbocycles. The summed E-state index contributed by atoms with van der Waals surface area (Å²) >= 11 is 4.86. The van der Waals surface area contributed by atoms with Gasteiger partial charge >= 0.3 is 0 Å². The summed E-state index contributed by atoms with van der Waals surface area (Å²) in [5.74, 6) is 0.0405. The first kappa shape index (κ1) is 11.3. The van der Waals surface area contributed by atoms with Gasteiger partial charge in [-0.25, -0.2) is 0 Å². The molecule has 0 aliphatic rings. The minimum atomic E-state index is 0.0128. The minimum absolute atomic E-state index is 0.0128. The van der Waals surface area contributed by atoms with Crippen LogP contribution in [-0.4, -0.2) is 10.8 Å². The number of thiocarbonyl (C=S) groups is 1. The Balaban J connectivity index is 4.09. The highest BCUT2D eigenvalue weighted by Gasteiger charge is 2.05. The molecule has 0 saturated heterocycles. The lowest BCUT2D eigenvalue weighted by atomic mass is 10.2. The van der Waals surface area contributed by atoms with Crippen LogP contribution in [0.15, 0.2) is 11.8 Å². The van der Waals surface area contributed by atoms with Gasteiger partial charge in [-0.05, 0) is 19.9 Å². The lowest BCUT2D eigenvalue weighted by molar-refractivity contribution is -0.123. The van der Waals surface area contributed by atoms with Crippen molar-refractivity contribution in [3.8, 4) is 0 Å². The van der Waals surface area contributed by atoms with E-state index in [2.05, 4.69) is 5.32 Å². The molecule has 0 aliphatic heterocycles. The minimum Gasteiger partial charge on any atom is -0.330 e. The van der Waals surface area contributed by atoms with Crippen molar-refractivity contribution in [2.24, 2.45) is 5.92 Å². The van der Waals surface area contributed by atoms with Crippen LogP contribution in [-0.2, 0) is 4.79 Å². The fourth-order valence-electron chi connectivity index (χ4n) is 0.680. The first-order valence-corrected chi connectivity index (χ1v) is 4.34. The molecule has 2 nitrogen and oxygen atoms in total. The van der Waals surface area contributed by atoms with Crippen LogP contribution in [0.2, 0.25) is 0 Å². The third-order valence-corrected chi connectivity index (χ3v) is 1.38. The van der Waals surface area contributed by atoms with Crippen molar-refractivity contribution < 1.29 is 4.79 Å². The lowest BCUT2D eigenvalue weighted by Crippen LogP contribution is -2.26. The molecule has 12 heavy (non-hydrogen) atoms. The van der Waals surface area contributed by atoms with Crippen LogP contribution in [0.1, 0.15) is 27.7 Å². The van der Waals surface area contributed by atoms with Crippen molar-refractivity contribution in [2.75, 3.05) is 0 Å². The zero-order valence-electron chi connectivity index (χ0n) is 7.97. The number of allylic oxidation sites excluding steroid dienone is 2. The van der Waals surface area contributed by atoms with Crippen LogP contribution in [0.25, 0.3) is 0 Å². The summed E-state index contributed by atoms with van der Waals surface area (Å²) in [5, 5.41) is 2.75. The van der Waals surface area contributed by atoms with Gasteiger partial charge in [-0.1, -0.05) is 26.1 Å².